The largest absolute Gasteiger partial charge is 0.366 e. The van der Waals surface area contributed by atoms with E-state index in [0.29, 0.717) is 5.95 Å². The molecule has 0 aliphatic carbocycles. The molecule has 5 nitrogen and oxygen atoms in total. The molecular weight excluding hydrogens is 286 g/mol. The predicted octanol–water partition coefficient (Wildman–Crippen LogP) is 3.32. The number of nitrogens with two attached hydrogens (primary N) is 1. The Labute approximate surface area is 135 Å². The van der Waals surface area contributed by atoms with Crippen LogP contribution in [0.5, 0.6) is 0 Å². The van der Waals surface area contributed by atoms with Crippen LogP contribution in [0.15, 0.2) is 54.6 Å². The summed E-state index contributed by atoms with van der Waals surface area (Å²) in [7, 11) is 0. The first-order valence-electron chi connectivity index (χ1n) is 7.81. The standard InChI is InChI=1S/C18H19N5/c1-12-7-9-14(10-8-12)16-11-15(13-5-3-2-4-6-13)20-18-21-17(19)22-23(16)18/h2-10,15-16H,11H2,1H3,(H3,19,20,21,22). The third-order valence-electron chi connectivity index (χ3n) is 4.37. The number of nitrogens with one attached hydrogen (secondary N) is 1. The highest BCUT2D eigenvalue weighted by Gasteiger charge is 2.30. The van der Waals surface area contributed by atoms with Gasteiger partial charge in [0.2, 0.25) is 11.9 Å². The maximum absolute atomic E-state index is 5.82. The SMILES string of the molecule is Cc1ccc(C2CC(c3ccccc3)Nc3nc(N)nn32)cc1. The van der Waals surface area contributed by atoms with Crippen LogP contribution in [0.2, 0.25) is 0 Å². The average Bonchev–Trinajstić information content (AvgIpc) is 2.96. The van der Waals surface area contributed by atoms with Crippen molar-refractivity contribution in [2.75, 3.05) is 11.1 Å². The highest BCUT2D eigenvalue weighted by atomic mass is 15.4. The van der Waals surface area contributed by atoms with Gasteiger partial charge in [0.1, 0.15) is 0 Å². The molecule has 116 valence electrons. The fraction of sp³-hybridized carbons (Fsp3) is 0.222. The van der Waals surface area contributed by atoms with Crippen LogP contribution in [0.1, 0.15) is 35.2 Å². The minimum Gasteiger partial charge on any atom is -0.366 e. The number of nitrogen functional groups attached to an aromatic ring is 1. The smallest absolute Gasteiger partial charge is 0.241 e. The van der Waals surface area contributed by atoms with Gasteiger partial charge in [-0.2, -0.15) is 4.98 Å². The summed E-state index contributed by atoms with van der Waals surface area (Å²) >= 11 is 0. The second-order valence-corrected chi connectivity index (χ2v) is 6.01. The summed E-state index contributed by atoms with van der Waals surface area (Å²) in [6, 6.07) is 19.3. The van der Waals surface area contributed by atoms with Crippen molar-refractivity contribution in [1.82, 2.24) is 14.8 Å². The molecule has 2 atom stereocenters. The van der Waals surface area contributed by atoms with Gasteiger partial charge in [-0.25, -0.2) is 4.68 Å². The molecule has 0 amide bonds. The molecule has 2 heterocycles. The number of aryl methyl sites for hydroxylation is 1. The molecule has 0 saturated carbocycles. The number of anilines is 2. The first kappa shape index (κ1) is 13.8. The van der Waals surface area contributed by atoms with Crippen LogP contribution < -0.4 is 11.1 Å². The molecule has 2 aromatic carbocycles. The van der Waals surface area contributed by atoms with Gasteiger partial charge < -0.3 is 11.1 Å². The molecule has 0 spiro atoms. The number of aromatic nitrogens is 3. The maximum atomic E-state index is 5.82. The third kappa shape index (κ3) is 2.54. The number of fused-ring (bicyclic) bond motifs is 1. The van der Waals surface area contributed by atoms with Crippen LogP contribution in [-0.4, -0.2) is 14.8 Å². The van der Waals surface area contributed by atoms with Gasteiger partial charge in [0, 0.05) is 0 Å². The Morgan fingerprint density at radius 1 is 1.04 bits per heavy atom. The van der Waals surface area contributed by atoms with Crippen LogP contribution in [0.3, 0.4) is 0 Å². The summed E-state index contributed by atoms with van der Waals surface area (Å²) in [6.07, 6.45) is 0.906. The Balaban J connectivity index is 1.76. The van der Waals surface area contributed by atoms with Crippen molar-refractivity contribution in [3.05, 3.63) is 71.3 Å². The average molecular weight is 305 g/mol. The lowest BCUT2D eigenvalue weighted by molar-refractivity contribution is 0.431. The van der Waals surface area contributed by atoms with Crippen molar-refractivity contribution in [3.8, 4) is 0 Å². The van der Waals surface area contributed by atoms with Crippen molar-refractivity contribution in [3.63, 3.8) is 0 Å². The lowest BCUT2D eigenvalue weighted by Crippen LogP contribution is -2.28. The minimum absolute atomic E-state index is 0.127. The molecule has 0 bridgehead atoms. The Morgan fingerprint density at radius 2 is 1.78 bits per heavy atom. The molecule has 3 aromatic rings. The van der Waals surface area contributed by atoms with E-state index in [-0.39, 0.29) is 12.1 Å². The third-order valence-corrected chi connectivity index (χ3v) is 4.37. The fourth-order valence-corrected chi connectivity index (χ4v) is 3.16. The van der Waals surface area contributed by atoms with E-state index < -0.39 is 0 Å². The lowest BCUT2D eigenvalue weighted by atomic mass is 9.93. The number of rotatable bonds is 2. The quantitative estimate of drug-likeness (QED) is 0.762. The molecule has 3 N–H and O–H groups in total. The van der Waals surface area contributed by atoms with Crippen LogP contribution in [0.25, 0.3) is 0 Å². The zero-order valence-electron chi connectivity index (χ0n) is 13.0. The summed E-state index contributed by atoms with van der Waals surface area (Å²) in [6.45, 7) is 2.10. The summed E-state index contributed by atoms with van der Waals surface area (Å²) in [5.74, 6) is 1.03. The van der Waals surface area contributed by atoms with Gasteiger partial charge in [-0.05, 0) is 24.5 Å². The van der Waals surface area contributed by atoms with Crippen LogP contribution >= 0.6 is 0 Å². The lowest BCUT2D eigenvalue weighted by Gasteiger charge is -2.31. The van der Waals surface area contributed by atoms with E-state index in [9.17, 15) is 0 Å². The van der Waals surface area contributed by atoms with E-state index in [1.807, 2.05) is 10.7 Å². The number of benzene rings is 2. The second-order valence-electron chi connectivity index (χ2n) is 6.01. The van der Waals surface area contributed by atoms with Gasteiger partial charge in [0.15, 0.2) is 0 Å². The molecule has 0 fully saturated rings. The summed E-state index contributed by atoms with van der Waals surface area (Å²) in [5, 5.41) is 7.83. The van der Waals surface area contributed by atoms with E-state index in [1.54, 1.807) is 0 Å². The maximum Gasteiger partial charge on any atom is 0.241 e. The highest BCUT2D eigenvalue weighted by molar-refractivity contribution is 5.41. The Morgan fingerprint density at radius 3 is 2.52 bits per heavy atom. The summed E-state index contributed by atoms with van der Waals surface area (Å²) in [5.41, 5.74) is 9.55. The predicted molar refractivity (Wildman–Crippen MR) is 91.2 cm³/mol. The number of hydrogen-bond acceptors (Lipinski definition) is 4. The summed E-state index contributed by atoms with van der Waals surface area (Å²) in [4.78, 5) is 4.34. The van der Waals surface area contributed by atoms with E-state index >= 15 is 0 Å². The van der Waals surface area contributed by atoms with E-state index in [0.717, 1.165) is 12.4 Å². The topological polar surface area (TPSA) is 68.8 Å². The molecule has 0 radical (unpaired) electrons. The molecule has 1 aromatic heterocycles. The fourth-order valence-electron chi connectivity index (χ4n) is 3.16. The zero-order valence-corrected chi connectivity index (χ0v) is 13.0. The Bertz CT molecular complexity index is 807. The summed E-state index contributed by atoms with van der Waals surface area (Å²) < 4.78 is 1.90. The van der Waals surface area contributed by atoms with Crippen molar-refractivity contribution in [1.29, 1.82) is 0 Å². The molecule has 1 aliphatic heterocycles. The van der Waals surface area contributed by atoms with Gasteiger partial charge in [-0.15, -0.1) is 5.10 Å². The molecule has 23 heavy (non-hydrogen) atoms. The Hall–Kier alpha value is -2.82. The van der Waals surface area contributed by atoms with Crippen molar-refractivity contribution in [2.45, 2.75) is 25.4 Å². The van der Waals surface area contributed by atoms with Gasteiger partial charge in [-0.3, -0.25) is 0 Å². The molecule has 4 rings (SSSR count). The molecular formula is C18H19N5. The number of hydrogen-bond donors (Lipinski definition) is 2. The first-order chi connectivity index (χ1) is 11.2. The molecule has 0 saturated heterocycles. The van der Waals surface area contributed by atoms with E-state index in [1.165, 1.54) is 16.7 Å². The minimum atomic E-state index is 0.127. The van der Waals surface area contributed by atoms with E-state index in [4.69, 9.17) is 5.73 Å². The molecule has 2 unspecified atom stereocenters. The van der Waals surface area contributed by atoms with Crippen molar-refractivity contribution < 1.29 is 0 Å². The van der Waals surface area contributed by atoms with Crippen molar-refractivity contribution >= 4 is 11.9 Å². The monoisotopic (exact) mass is 305 g/mol. The van der Waals surface area contributed by atoms with Gasteiger partial charge in [-0.1, -0.05) is 60.2 Å². The Kier molecular flexibility index (Phi) is 3.26. The second kappa shape index (κ2) is 5.43. The zero-order chi connectivity index (χ0) is 15.8. The van der Waals surface area contributed by atoms with Crippen molar-refractivity contribution in [2.24, 2.45) is 0 Å². The first-order valence-corrected chi connectivity index (χ1v) is 7.81. The van der Waals surface area contributed by atoms with Crippen LogP contribution in [0, 0.1) is 6.92 Å². The normalized spacial score (nSPS) is 19.9. The van der Waals surface area contributed by atoms with Gasteiger partial charge in [0.25, 0.3) is 0 Å². The highest BCUT2D eigenvalue weighted by Crippen LogP contribution is 2.37. The van der Waals surface area contributed by atoms with Gasteiger partial charge in [0.05, 0.1) is 12.1 Å². The number of nitrogens with zero attached hydrogens (tertiary/aromatic N) is 3. The molecule has 1 aliphatic rings. The van der Waals surface area contributed by atoms with Crippen LogP contribution in [0.4, 0.5) is 11.9 Å². The molecule has 5 heteroatoms. The van der Waals surface area contributed by atoms with Crippen LogP contribution in [-0.2, 0) is 0 Å². The van der Waals surface area contributed by atoms with E-state index in [2.05, 4.69) is 70.9 Å². The van der Waals surface area contributed by atoms with Gasteiger partial charge >= 0.3 is 0 Å².